The summed E-state index contributed by atoms with van der Waals surface area (Å²) in [5, 5.41) is 13.6. The summed E-state index contributed by atoms with van der Waals surface area (Å²) in [5.74, 6) is 0.522. The molecule has 0 amide bonds. The first kappa shape index (κ1) is 17.9. The average molecular weight is 362 g/mol. The monoisotopic (exact) mass is 362 g/mol. The van der Waals surface area contributed by atoms with Gasteiger partial charge in [-0.15, -0.1) is 0 Å². The summed E-state index contributed by atoms with van der Waals surface area (Å²) in [6.45, 7) is 3.76. The van der Waals surface area contributed by atoms with Crippen molar-refractivity contribution in [3.8, 4) is 6.07 Å². The lowest BCUT2D eigenvalue weighted by Crippen LogP contribution is -2.37. The first-order chi connectivity index (χ1) is 13.2. The van der Waals surface area contributed by atoms with E-state index in [0.717, 1.165) is 57.6 Å². The van der Waals surface area contributed by atoms with Crippen molar-refractivity contribution in [2.75, 3.05) is 13.1 Å². The van der Waals surface area contributed by atoms with Gasteiger partial charge in [-0.2, -0.15) is 10.4 Å². The van der Waals surface area contributed by atoms with E-state index in [2.05, 4.69) is 16.1 Å². The third-order valence-corrected chi connectivity index (χ3v) is 5.90. The van der Waals surface area contributed by atoms with Crippen LogP contribution >= 0.6 is 0 Å². The highest BCUT2D eigenvalue weighted by molar-refractivity contribution is 5.31. The van der Waals surface area contributed by atoms with Gasteiger partial charge in [0.15, 0.2) is 0 Å². The van der Waals surface area contributed by atoms with E-state index in [1.807, 2.05) is 30.3 Å². The lowest BCUT2D eigenvalue weighted by Gasteiger charge is -2.32. The van der Waals surface area contributed by atoms with Gasteiger partial charge < -0.3 is 0 Å². The van der Waals surface area contributed by atoms with E-state index in [1.165, 1.54) is 24.0 Å². The highest BCUT2D eigenvalue weighted by Crippen LogP contribution is 2.21. The molecule has 0 saturated carbocycles. The first-order valence-corrected chi connectivity index (χ1v) is 10.0. The SMILES string of the molecule is N#Cc1ccc(CN2CCC(Cn3nc4c(cc3=O)CCCC4)CC2)cc1. The number of rotatable bonds is 4. The predicted octanol–water partition coefficient (Wildman–Crippen LogP) is 2.91. The summed E-state index contributed by atoms with van der Waals surface area (Å²) in [5.41, 5.74) is 4.33. The summed E-state index contributed by atoms with van der Waals surface area (Å²) >= 11 is 0. The first-order valence-electron chi connectivity index (χ1n) is 10.0. The molecule has 0 atom stereocenters. The Morgan fingerprint density at radius 3 is 2.59 bits per heavy atom. The van der Waals surface area contributed by atoms with Crippen molar-refractivity contribution in [3.63, 3.8) is 0 Å². The van der Waals surface area contributed by atoms with Gasteiger partial charge in [0.2, 0.25) is 0 Å². The summed E-state index contributed by atoms with van der Waals surface area (Å²) in [4.78, 5) is 14.8. The maximum absolute atomic E-state index is 12.4. The number of likely N-dealkylation sites (tertiary alicyclic amines) is 1. The Morgan fingerprint density at radius 1 is 1.11 bits per heavy atom. The number of nitrogens with zero attached hydrogens (tertiary/aromatic N) is 4. The summed E-state index contributed by atoms with van der Waals surface area (Å²) in [6.07, 6.45) is 6.58. The number of benzene rings is 1. The van der Waals surface area contributed by atoms with Gasteiger partial charge in [0.25, 0.3) is 5.56 Å². The quantitative estimate of drug-likeness (QED) is 0.839. The molecular formula is C22H26N4O. The summed E-state index contributed by atoms with van der Waals surface area (Å²) < 4.78 is 1.71. The number of nitriles is 1. The molecule has 1 aliphatic heterocycles. The fourth-order valence-corrected chi connectivity index (χ4v) is 4.25. The molecular weight excluding hydrogens is 336 g/mol. The number of fused-ring (bicyclic) bond motifs is 1. The largest absolute Gasteiger partial charge is 0.299 e. The van der Waals surface area contributed by atoms with E-state index in [9.17, 15) is 4.79 Å². The molecule has 0 radical (unpaired) electrons. The van der Waals surface area contributed by atoms with Crippen LogP contribution in [0.4, 0.5) is 0 Å². The van der Waals surface area contributed by atoms with Crippen molar-refractivity contribution < 1.29 is 0 Å². The van der Waals surface area contributed by atoms with Crippen LogP contribution < -0.4 is 5.56 Å². The smallest absolute Gasteiger partial charge is 0.267 e. The zero-order valence-corrected chi connectivity index (χ0v) is 15.7. The van der Waals surface area contributed by atoms with Gasteiger partial charge in [-0.3, -0.25) is 9.69 Å². The third-order valence-electron chi connectivity index (χ3n) is 5.90. The van der Waals surface area contributed by atoms with Crippen LogP contribution in [0.5, 0.6) is 0 Å². The molecule has 1 fully saturated rings. The molecule has 1 aromatic carbocycles. The van der Waals surface area contributed by atoms with Crippen molar-refractivity contribution in [2.24, 2.45) is 5.92 Å². The number of aryl methyl sites for hydroxylation is 2. The molecule has 2 aromatic rings. The van der Waals surface area contributed by atoms with Crippen LogP contribution in [0.25, 0.3) is 0 Å². The highest BCUT2D eigenvalue weighted by atomic mass is 16.1. The molecule has 5 heteroatoms. The normalized spacial score (nSPS) is 18.0. The van der Waals surface area contributed by atoms with E-state index in [0.29, 0.717) is 11.5 Å². The van der Waals surface area contributed by atoms with Gasteiger partial charge >= 0.3 is 0 Å². The van der Waals surface area contributed by atoms with Gasteiger partial charge in [-0.25, -0.2) is 4.68 Å². The molecule has 0 bridgehead atoms. The highest BCUT2D eigenvalue weighted by Gasteiger charge is 2.21. The summed E-state index contributed by atoms with van der Waals surface area (Å²) in [6, 6.07) is 11.8. The topological polar surface area (TPSA) is 61.9 Å². The van der Waals surface area contributed by atoms with E-state index >= 15 is 0 Å². The van der Waals surface area contributed by atoms with Crippen LogP contribution in [-0.4, -0.2) is 27.8 Å². The molecule has 2 aliphatic rings. The van der Waals surface area contributed by atoms with Crippen molar-refractivity contribution in [2.45, 2.75) is 51.6 Å². The maximum Gasteiger partial charge on any atom is 0.267 e. The Morgan fingerprint density at radius 2 is 1.85 bits per heavy atom. The molecule has 140 valence electrons. The summed E-state index contributed by atoms with van der Waals surface area (Å²) in [7, 11) is 0. The zero-order chi connectivity index (χ0) is 18.6. The second-order valence-corrected chi connectivity index (χ2v) is 7.87. The number of piperidine rings is 1. The lowest BCUT2D eigenvalue weighted by atomic mass is 9.95. The number of hydrogen-bond donors (Lipinski definition) is 0. The van der Waals surface area contributed by atoms with Crippen LogP contribution in [0.15, 0.2) is 35.1 Å². The Hall–Kier alpha value is -2.45. The third kappa shape index (κ3) is 4.28. The maximum atomic E-state index is 12.4. The van der Waals surface area contributed by atoms with E-state index in [4.69, 9.17) is 5.26 Å². The Balaban J connectivity index is 1.33. The fraction of sp³-hybridized carbons (Fsp3) is 0.500. The molecule has 1 aliphatic carbocycles. The Kier molecular flexibility index (Phi) is 5.35. The second-order valence-electron chi connectivity index (χ2n) is 7.87. The van der Waals surface area contributed by atoms with Gasteiger partial charge in [0, 0.05) is 19.2 Å². The Labute approximate surface area is 160 Å². The molecule has 27 heavy (non-hydrogen) atoms. The Bertz CT molecular complexity index is 886. The standard InChI is InChI=1S/C22H26N4O/c23-14-17-5-7-18(8-6-17)15-25-11-9-19(10-12-25)16-26-22(27)13-20-3-1-2-4-21(20)24-26/h5-8,13,19H,1-4,9-12,15-16H2. The molecule has 4 rings (SSSR count). The predicted molar refractivity (Wildman–Crippen MR) is 104 cm³/mol. The number of aromatic nitrogens is 2. The lowest BCUT2D eigenvalue weighted by molar-refractivity contribution is 0.163. The van der Waals surface area contributed by atoms with Crippen LogP contribution in [0, 0.1) is 17.2 Å². The molecule has 1 aromatic heterocycles. The number of hydrogen-bond acceptors (Lipinski definition) is 4. The molecule has 5 nitrogen and oxygen atoms in total. The van der Waals surface area contributed by atoms with Gasteiger partial charge in [-0.05, 0) is 80.8 Å². The van der Waals surface area contributed by atoms with E-state index in [-0.39, 0.29) is 5.56 Å². The average Bonchev–Trinajstić information content (AvgIpc) is 2.70. The minimum atomic E-state index is 0.0654. The minimum absolute atomic E-state index is 0.0654. The van der Waals surface area contributed by atoms with Gasteiger partial charge in [-0.1, -0.05) is 12.1 Å². The zero-order valence-electron chi connectivity index (χ0n) is 15.7. The van der Waals surface area contributed by atoms with Crippen molar-refractivity contribution in [1.29, 1.82) is 5.26 Å². The molecule has 0 unspecified atom stereocenters. The van der Waals surface area contributed by atoms with Crippen LogP contribution in [0.1, 0.15) is 48.1 Å². The van der Waals surface area contributed by atoms with Gasteiger partial charge in [0.1, 0.15) is 0 Å². The molecule has 0 spiro atoms. The van der Waals surface area contributed by atoms with Crippen LogP contribution in [-0.2, 0) is 25.9 Å². The molecule has 2 heterocycles. The second kappa shape index (κ2) is 8.06. The fourth-order valence-electron chi connectivity index (χ4n) is 4.25. The van der Waals surface area contributed by atoms with Crippen molar-refractivity contribution in [3.05, 3.63) is 63.1 Å². The molecule has 0 N–H and O–H groups in total. The van der Waals surface area contributed by atoms with E-state index < -0.39 is 0 Å². The van der Waals surface area contributed by atoms with Crippen LogP contribution in [0.3, 0.4) is 0 Å². The van der Waals surface area contributed by atoms with Crippen LogP contribution in [0.2, 0.25) is 0 Å². The van der Waals surface area contributed by atoms with Crippen molar-refractivity contribution >= 4 is 0 Å². The van der Waals surface area contributed by atoms with Crippen molar-refractivity contribution in [1.82, 2.24) is 14.7 Å². The molecule has 1 saturated heterocycles. The van der Waals surface area contributed by atoms with Gasteiger partial charge in [0.05, 0.1) is 17.3 Å². The van der Waals surface area contributed by atoms with E-state index in [1.54, 1.807) is 4.68 Å². The minimum Gasteiger partial charge on any atom is -0.299 e.